The minimum absolute atomic E-state index is 0.0481. The van der Waals surface area contributed by atoms with Crippen LogP contribution >= 0.6 is 11.6 Å². The fourth-order valence-corrected chi connectivity index (χ4v) is 4.96. The zero-order valence-corrected chi connectivity index (χ0v) is 22.1. The van der Waals surface area contributed by atoms with E-state index in [-0.39, 0.29) is 23.0 Å². The predicted octanol–water partition coefficient (Wildman–Crippen LogP) is 4.25. The molecule has 0 saturated carbocycles. The molecule has 0 saturated heterocycles. The maximum atomic E-state index is 13.4. The fraction of sp³-hybridized carbons (Fsp3) is 0.0741. The quantitative estimate of drug-likeness (QED) is 0.304. The highest BCUT2D eigenvalue weighted by atomic mass is 35.5. The summed E-state index contributed by atoms with van der Waals surface area (Å²) in [5.74, 6) is -0.689. The van der Waals surface area contributed by atoms with Crippen LogP contribution in [-0.2, 0) is 16.6 Å². The van der Waals surface area contributed by atoms with Crippen molar-refractivity contribution in [2.24, 2.45) is 0 Å². The largest absolute Gasteiger partial charge is 0.322 e. The predicted molar refractivity (Wildman–Crippen MR) is 149 cm³/mol. The lowest BCUT2D eigenvalue weighted by Gasteiger charge is -2.13. The standard InChI is InChI=1S/C27H21ClN6O4S/c1-17-12-14-30-27(31-17)33-39(37,38)22-10-8-21(9-11-22)32-25(35)23-15-19-3-2-13-29-24(19)34(26(23)36)16-18-4-6-20(28)7-5-18/h2-15H,16H2,1H3,(H,32,35)(H,30,31,33). The van der Waals surface area contributed by atoms with Gasteiger partial charge in [-0.3, -0.25) is 14.2 Å². The van der Waals surface area contributed by atoms with E-state index in [2.05, 4.69) is 25.0 Å². The van der Waals surface area contributed by atoms with Crippen LogP contribution in [0.1, 0.15) is 21.6 Å². The van der Waals surface area contributed by atoms with Gasteiger partial charge in [0, 0.05) is 34.2 Å². The smallest absolute Gasteiger partial charge is 0.265 e. The number of rotatable bonds is 7. The van der Waals surface area contributed by atoms with Crippen LogP contribution in [0.2, 0.25) is 5.02 Å². The van der Waals surface area contributed by atoms with E-state index >= 15 is 0 Å². The molecule has 5 aromatic rings. The number of benzene rings is 2. The van der Waals surface area contributed by atoms with Gasteiger partial charge in [-0.25, -0.2) is 28.1 Å². The number of carbonyl (C=O) groups is 1. The molecular formula is C27H21ClN6O4S. The molecule has 0 atom stereocenters. The Morgan fingerprint density at radius 2 is 1.72 bits per heavy atom. The maximum Gasteiger partial charge on any atom is 0.265 e. The highest BCUT2D eigenvalue weighted by Crippen LogP contribution is 2.19. The third kappa shape index (κ3) is 5.79. The van der Waals surface area contributed by atoms with Gasteiger partial charge in [-0.05, 0) is 73.2 Å². The normalized spacial score (nSPS) is 11.3. The van der Waals surface area contributed by atoms with Gasteiger partial charge in [0.2, 0.25) is 5.95 Å². The number of hydrogen-bond donors (Lipinski definition) is 2. The third-order valence-corrected chi connectivity index (χ3v) is 7.39. The van der Waals surface area contributed by atoms with E-state index in [1.54, 1.807) is 55.6 Å². The van der Waals surface area contributed by atoms with Crippen LogP contribution < -0.4 is 15.6 Å². The van der Waals surface area contributed by atoms with Crippen molar-refractivity contribution < 1.29 is 13.2 Å². The number of amides is 1. The fourth-order valence-electron chi connectivity index (χ4n) is 3.88. The topological polar surface area (TPSA) is 136 Å². The molecule has 0 radical (unpaired) electrons. The molecule has 1 amide bonds. The van der Waals surface area contributed by atoms with Crippen LogP contribution in [0.4, 0.5) is 11.6 Å². The first kappa shape index (κ1) is 26.0. The summed E-state index contributed by atoms with van der Waals surface area (Å²) in [5, 5.41) is 3.85. The van der Waals surface area contributed by atoms with Crippen molar-refractivity contribution in [2.75, 3.05) is 10.0 Å². The molecule has 0 aliphatic rings. The molecular weight excluding hydrogens is 540 g/mol. The number of sulfonamides is 1. The molecule has 5 rings (SSSR count). The van der Waals surface area contributed by atoms with Gasteiger partial charge in [-0.15, -0.1) is 0 Å². The molecule has 2 N–H and O–H groups in total. The van der Waals surface area contributed by atoms with E-state index in [0.29, 0.717) is 27.4 Å². The molecule has 0 spiro atoms. The molecule has 0 aliphatic carbocycles. The minimum atomic E-state index is -3.95. The Kier molecular flexibility index (Phi) is 7.09. The van der Waals surface area contributed by atoms with E-state index < -0.39 is 21.5 Å². The Morgan fingerprint density at radius 3 is 2.44 bits per heavy atom. The lowest BCUT2D eigenvalue weighted by atomic mass is 10.1. The number of halogens is 1. The van der Waals surface area contributed by atoms with Crippen LogP contribution in [0, 0.1) is 6.92 Å². The first-order valence-corrected chi connectivity index (χ1v) is 13.5. The SMILES string of the molecule is Cc1ccnc(NS(=O)(=O)c2ccc(NC(=O)c3cc4cccnc4n(Cc4ccc(Cl)cc4)c3=O)cc2)n1. The summed E-state index contributed by atoms with van der Waals surface area (Å²) in [6, 6.07) is 19.2. The lowest BCUT2D eigenvalue weighted by Crippen LogP contribution is -2.30. The molecule has 0 unspecified atom stereocenters. The number of carbonyl (C=O) groups excluding carboxylic acids is 1. The highest BCUT2D eigenvalue weighted by molar-refractivity contribution is 7.92. The molecule has 0 fully saturated rings. The summed E-state index contributed by atoms with van der Waals surface area (Å²) in [6.45, 7) is 1.91. The molecule has 196 valence electrons. The number of fused-ring (bicyclic) bond motifs is 1. The van der Waals surface area contributed by atoms with E-state index in [9.17, 15) is 18.0 Å². The monoisotopic (exact) mass is 560 g/mol. The third-order valence-electron chi connectivity index (χ3n) is 5.79. The average Bonchev–Trinajstić information content (AvgIpc) is 2.91. The number of nitrogens with one attached hydrogen (secondary N) is 2. The molecule has 39 heavy (non-hydrogen) atoms. The Balaban J connectivity index is 1.40. The van der Waals surface area contributed by atoms with Crippen LogP contribution in [0.15, 0.2) is 94.9 Å². The average molecular weight is 561 g/mol. The second kappa shape index (κ2) is 10.6. The van der Waals surface area contributed by atoms with Gasteiger partial charge in [0.1, 0.15) is 11.2 Å². The lowest BCUT2D eigenvalue weighted by molar-refractivity contribution is 0.102. The summed E-state index contributed by atoms with van der Waals surface area (Å²) < 4.78 is 29.2. The van der Waals surface area contributed by atoms with Crippen molar-refractivity contribution in [3.8, 4) is 0 Å². The van der Waals surface area contributed by atoms with Crippen LogP contribution in [0.3, 0.4) is 0 Å². The first-order chi connectivity index (χ1) is 18.7. The number of pyridine rings is 2. The molecule has 3 heterocycles. The van der Waals surface area contributed by atoms with Gasteiger partial charge in [0.05, 0.1) is 11.4 Å². The summed E-state index contributed by atoms with van der Waals surface area (Å²) in [7, 11) is -3.95. The van der Waals surface area contributed by atoms with Crippen molar-refractivity contribution in [1.29, 1.82) is 0 Å². The van der Waals surface area contributed by atoms with Crippen LogP contribution in [0.5, 0.6) is 0 Å². The second-order valence-electron chi connectivity index (χ2n) is 8.60. The van der Waals surface area contributed by atoms with Crippen molar-refractivity contribution in [3.05, 3.63) is 117 Å². The summed E-state index contributed by atoms with van der Waals surface area (Å²) in [4.78, 5) is 38.8. The van der Waals surface area contributed by atoms with Crippen molar-refractivity contribution in [3.63, 3.8) is 0 Å². The molecule has 0 bridgehead atoms. The summed E-state index contributed by atoms with van der Waals surface area (Å²) in [6.07, 6.45) is 3.03. The highest BCUT2D eigenvalue weighted by Gasteiger charge is 2.19. The number of aromatic nitrogens is 4. The van der Waals surface area contributed by atoms with Crippen LogP contribution in [-0.4, -0.2) is 33.8 Å². The van der Waals surface area contributed by atoms with Gasteiger partial charge >= 0.3 is 0 Å². The number of aryl methyl sites for hydroxylation is 1. The maximum absolute atomic E-state index is 13.4. The van der Waals surface area contributed by atoms with Crippen LogP contribution in [0.25, 0.3) is 11.0 Å². The number of anilines is 2. The molecule has 2 aromatic carbocycles. The number of nitrogens with zero attached hydrogens (tertiary/aromatic N) is 4. The zero-order chi connectivity index (χ0) is 27.6. The molecule has 10 nitrogen and oxygen atoms in total. The summed E-state index contributed by atoms with van der Waals surface area (Å²) in [5.41, 5.74) is 1.56. The number of hydrogen-bond acceptors (Lipinski definition) is 7. The molecule has 0 aliphatic heterocycles. The van der Waals surface area contributed by atoms with Crippen molar-refractivity contribution in [2.45, 2.75) is 18.4 Å². The van der Waals surface area contributed by atoms with E-state index in [1.165, 1.54) is 41.1 Å². The van der Waals surface area contributed by atoms with Crippen molar-refractivity contribution in [1.82, 2.24) is 19.5 Å². The van der Waals surface area contributed by atoms with Gasteiger partial charge in [0.25, 0.3) is 21.5 Å². The Labute approximate surface area is 228 Å². The van der Waals surface area contributed by atoms with E-state index in [4.69, 9.17) is 11.6 Å². The Morgan fingerprint density at radius 1 is 0.974 bits per heavy atom. The Bertz CT molecular complexity index is 1860. The van der Waals surface area contributed by atoms with Crippen molar-refractivity contribution >= 4 is 50.2 Å². The summed E-state index contributed by atoms with van der Waals surface area (Å²) >= 11 is 5.99. The molecule has 12 heteroatoms. The Hall–Kier alpha value is -4.61. The van der Waals surface area contributed by atoms with Gasteiger partial charge in [-0.1, -0.05) is 23.7 Å². The zero-order valence-electron chi connectivity index (χ0n) is 20.5. The van der Waals surface area contributed by atoms with Gasteiger partial charge in [0.15, 0.2) is 0 Å². The van der Waals surface area contributed by atoms with E-state index in [0.717, 1.165) is 5.56 Å². The minimum Gasteiger partial charge on any atom is -0.322 e. The first-order valence-electron chi connectivity index (χ1n) is 11.7. The van der Waals surface area contributed by atoms with Gasteiger partial charge < -0.3 is 5.32 Å². The second-order valence-corrected chi connectivity index (χ2v) is 10.7. The molecule has 3 aromatic heterocycles. The van der Waals surface area contributed by atoms with E-state index in [1.807, 2.05) is 0 Å². The van der Waals surface area contributed by atoms with Gasteiger partial charge in [-0.2, -0.15) is 0 Å².